The molecule has 0 bridgehead atoms. The summed E-state index contributed by atoms with van der Waals surface area (Å²) in [5.41, 5.74) is 2.15. The Bertz CT molecular complexity index is 723. The highest BCUT2D eigenvalue weighted by atomic mass is 16.1. The molecule has 1 N–H and O–H groups in total. The van der Waals surface area contributed by atoms with E-state index < -0.39 is 0 Å². The van der Waals surface area contributed by atoms with Crippen molar-refractivity contribution in [1.29, 1.82) is 0 Å². The molecule has 0 saturated carbocycles. The van der Waals surface area contributed by atoms with E-state index in [0.29, 0.717) is 12.1 Å². The third kappa shape index (κ3) is 2.97. The molecular weight excluding hydrogens is 264 g/mol. The maximum absolute atomic E-state index is 12.4. The number of carbonyl (C=O) groups is 1. The molecule has 0 aliphatic carbocycles. The van der Waals surface area contributed by atoms with Crippen LogP contribution in [0.3, 0.4) is 0 Å². The maximum Gasteiger partial charge on any atom is 0.253 e. The standard InChI is InChI=1S/C16H14N4O/c21-16(18-12-13-6-3-4-9-17-13)14-7-1-2-8-15(14)20-11-5-10-19-20/h1-11H,12H2,(H,18,21). The molecule has 0 atom stereocenters. The number of para-hydroxylation sites is 1. The smallest absolute Gasteiger partial charge is 0.253 e. The zero-order valence-electron chi connectivity index (χ0n) is 11.3. The highest BCUT2D eigenvalue weighted by Gasteiger charge is 2.12. The lowest BCUT2D eigenvalue weighted by atomic mass is 10.1. The molecule has 21 heavy (non-hydrogen) atoms. The zero-order chi connectivity index (χ0) is 14.5. The summed E-state index contributed by atoms with van der Waals surface area (Å²) in [6, 6.07) is 14.8. The van der Waals surface area contributed by atoms with Crippen molar-refractivity contribution in [2.24, 2.45) is 0 Å². The van der Waals surface area contributed by atoms with Crippen molar-refractivity contribution in [3.8, 4) is 5.69 Å². The van der Waals surface area contributed by atoms with Crippen LogP contribution in [0.4, 0.5) is 0 Å². The number of hydrogen-bond donors (Lipinski definition) is 1. The maximum atomic E-state index is 12.4. The lowest BCUT2D eigenvalue weighted by Gasteiger charge is -2.10. The van der Waals surface area contributed by atoms with E-state index in [2.05, 4.69) is 15.4 Å². The van der Waals surface area contributed by atoms with Gasteiger partial charge in [0, 0.05) is 18.6 Å². The largest absolute Gasteiger partial charge is 0.346 e. The fraction of sp³-hybridized carbons (Fsp3) is 0.0625. The molecule has 0 saturated heterocycles. The Morgan fingerprint density at radius 1 is 1.05 bits per heavy atom. The third-order valence-electron chi connectivity index (χ3n) is 3.06. The number of amides is 1. The summed E-state index contributed by atoms with van der Waals surface area (Å²) >= 11 is 0. The number of aromatic nitrogens is 3. The highest BCUT2D eigenvalue weighted by Crippen LogP contribution is 2.13. The first kappa shape index (κ1) is 13.1. The van der Waals surface area contributed by atoms with Gasteiger partial charge < -0.3 is 5.32 Å². The fourth-order valence-electron chi connectivity index (χ4n) is 2.05. The van der Waals surface area contributed by atoms with E-state index >= 15 is 0 Å². The van der Waals surface area contributed by atoms with Gasteiger partial charge in [-0.05, 0) is 30.3 Å². The second-order valence-electron chi connectivity index (χ2n) is 4.47. The van der Waals surface area contributed by atoms with Gasteiger partial charge in [-0.1, -0.05) is 18.2 Å². The van der Waals surface area contributed by atoms with Crippen LogP contribution in [0.25, 0.3) is 5.69 Å². The molecule has 3 rings (SSSR count). The van der Waals surface area contributed by atoms with Crippen LogP contribution in [0.15, 0.2) is 67.1 Å². The predicted octanol–water partition coefficient (Wildman–Crippen LogP) is 2.20. The predicted molar refractivity (Wildman–Crippen MR) is 79.0 cm³/mol. The number of rotatable bonds is 4. The van der Waals surface area contributed by atoms with Gasteiger partial charge in [0.15, 0.2) is 0 Å². The quantitative estimate of drug-likeness (QED) is 0.796. The molecule has 0 spiro atoms. The number of pyridine rings is 1. The minimum Gasteiger partial charge on any atom is -0.346 e. The van der Waals surface area contributed by atoms with Gasteiger partial charge in [0.25, 0.3) is 5.91 Å². The van der Waals surface area contributed by atoms with Gasteiger partial charge in [-0.2, -0.15) is 5.10 Å². The monoisotopic (exact) mass is 278 g/mol. The first-order chi connectivity index (χ1) is 10.3. The van der Waals surface area contributed by atoms with Crippen LogP contribution >= 0.6 is 0 Å². The SMILES string of the molecule is O=C(NCc1ccccn1)c1ccccc1-n1cccn1. The van der Waals surface area contributed by atoms with Crippen LogP contribution in [0, 0.1) is 0 Å². The van der Waals surface area contributed by atoms with Crippen molar-refractivity contribution in [2.45, 2.75) is 6.54 Å². The van der Waals surface area contributed by atoms with Gasteiger partial charge in [-0.25, -0.2) is 4.68 Å². The van der Waals surface area contributed by atoms with Crippen LogP contribution in [-0.2, 0) is 6.54 Å². The normalized spacial score (nSPS) is 10.3. The molecule has 0 aliphatic rings. The Hall–Kier alpha value is -2.95. The molecule has 2 aromatic heterocycles. The number of nitrogens with zero attached hydrogens (tertiary/aromatic N) is 3. The number of nitrogens with one attached hydrogen (secondary N) is 1. The molecule has 104 valence electrons. The average Bonchev–Trinajstić information content (AvgIpc) is 3.08. The molecule has 0 unspecified atom stereocenters. The van der Waals surface area contributed by atoms with Gasteiger partial charge in [0.1, 0.15) is 0 Å². The number of benzene rings is 1. The third-order valence-corrected chi connectivity index (χ3v) is 3.06. The summed E-state index contributed by atoms with van der Waals surface area (Å²) in [7, 11) is 0. The molecule has 0 fully saturated rings. The molecular formula is C16H14N4O. The van der Waals surface area contributed by atoms with Crippen LogP contribution in [0.2, 0.25) is 0 Å². The van der Waals surface area contributed by atoms with Crippen molar-refractivity contribution >= 4 is 5.91 Å². The van der Waals surface area contributed by atoms with Gasteiger partial charge in [0.05, 0.1) is 23.5 Å². The summed E-state index contributed by atoms with van der Waals surface area (Å²) in [4.78, 5) is 16.5. The Balaban J connectivity index is 1.79. The second-order valence-corrected chi connectivity index (χ2v) is 4.47. The minimum atomic E-state index is -0.147. The Labute approximate surface area is 122 Å². The van der Waals surface area contributed by atoms with Crippen LogP contribution in [0.5, 0.6) is 0 Å². The van der Waals surface area contributed by atoms with E-state index in [9.17, 15) is 4.79 Å². The highest BCUT2D eigenvalue weighted by molar-refractivity contribution is 5.97. The Morgan fingerprint density at radius 3 is 2.67 bits per heavy atom. The van der Waals surface area contributed by atoms with Gasteiger partial charge in [-0.3, -0.25) is 9.78 Å². The van der Waals surface area contributed by atoms with E-state index in [1.165, 1.54) is 0 Å². The zero-order valence-corrected chi connectivity index (χ0v) is 11.3. The molecule has 1 aromatic carbocycles. The van der Waals surface area contributed by atoms with Crippen LogP contribution in [-0.4, -0.2) is 20.7 Å². The molecule has 1 amide bonds. The first-order valence-electron chi connectivity index (χ1n) is 6.62. The Kier molecular flexibility index (Phi) is 3.73. The summed E-state index contributed by atoms with van der Waals surface area (Å²) < 4.78 is 1.68. The summed E-state index contributed by atoms with van der Waals surface area (Å²) in [5.74, 6) is -0.147. The van der Waals surface area contributed by atoms with Crippen LogP contribution < -0.4 is 5.32 Å². The summed E-state index contributed by atoms with van der Waals surface area (Å²) in [6.45, 7) is 0.396. The van der Waals surface area contributed by atoms with Crippen molar-refractivity contribution in [2.75, 3.05) is 0 Å². The number of hydrogen-bond acceptors (Lipinski definition) is 3. The second kappa shape index (κ2) is 6.00. The van der Waals surface area contributed by atoms with Gasteiger partial charge >= 0.3 is 0 Å². The minimum absolute atomic E-state index is 0.147. The van der Waals surface area contributed by atoms with Crippen molar-refractivity contribution < 1.29 is 4.79 Å². The van der Waals surface area contributed by atoms with Gasteiger partial charge in [-0.15, -0.1) is 0 Å². The first-order valence-corrected chi connectivity index (χ1v) is 6.62. The lowest BCUT2D eigenvalue weighted by Crippen LogP contribution is -2.24. The van der Waals surface area contributed by atoms with Crippen LogP contribution in [0.1, 0.15) is 16.1 Å². The summed E-state index contributed by atoms with van der Waals surface area (Å²) in [5, 5.41) is 7.05. The van der Waals surface area contributed by atoms with Crippen molar-refractivity contribution in [3.63, 3.8) is 0 Å². The Morgan fingerprint density at radius 2 is 1.90 bits per heavy atom. The molecule has 0 radical (unpaired) electrons. The topological polar surface area (TPSA) is 59.8 Å². The van der Waals surface area contributed by atoms with E-state index in [0.717, 1.165) is 11.4 Å². The van der Waals surface area contributed by atoms with E-state index in [1.807, 2.05) is 48.7 Å². The lowest BCUT2D eigenvalue weighted by molar-refractivity contribution is 0.0950. The average molecular weight is 278 g/mol. The van der Waals surface area contributed by atoms with E-state index in [4.69, 9.17) is 0 Å². The van der Waals surface area contributed by atoms with Crippen molar-refractivity contribution in [1.82, 2.24) is 20.1 Å². The molecule has 3 aromatic rings. The fourth-order valence-corrected chi connectivity index (χ4v) is 2.05. The number of carbonyl (C=O) groups excluding carboxylic acids is 1. The molecule has 0 aliphatic heterocycles. The van der Waals surface area contributed by atoms with E-state index in [1.54, 1.807) is 23.1 Å². The molecule has 2 heterocycles. The van der Waals surface area contributed by atoms with Crippen molar-refractivity contribution in [3.05, 3.63) is 78.4 Å². The molecule has 5 nitrogen and oxygen atoms in total. The molecule has 5 heteroatoms. The van der Waals surface area contributed by atoms with Gasteiger partial charge in [0.2, 0.25) is 0 Å². The summed E-state index contributed by atoms with van der Waals surface area (Å²) in [6.07, 6.45) is 5.20. The van der Waals surface area contributed by atoms with E-state index in [-0.39, 0.29) is 5.91 Å².